The minimum atomic E-state index is 0.676. The standard InChI is InChI=1S/C56H41N3/c1-3-4-5-17-37(2)54-47-27-10-12-29-49(47)55(50-30-13-11-28-48(50)54)41-21-15-22-42(33-41)56-58-52(40-20-14-19-38(32-40)43-23-16-31-57-36-43)35-53(59-56)51-34-39-18-6-7-24-44(39)45-25-8-9-26-46(45)51/h4-36H,3H2,1-2H3/b5-4-,37-17+. The first-order valence-electron chi connectivity index (χ1n) is 20.3. The van der Waals surface area contributed by atoms with Gasteiger partial charge in [-0.05, 0) is 115 Å². The minimum absolute atomic E-state index is 0.676. The molecule has 0 saturated heterocycles. The molecule has 0 N–H and O–H groups in total. The number of hydrogen-bond acceptors (Lipinski definition) is 3. The summed E-state index contributed by atoms with van der Waals surface area (Å²) in [5.41, 5.74) is 11.8. The van der Waals surface area contributed by atoms with Crippen molar-refractivity contribution in [3.05, 3.63) is 206 Å². The minimum Gasteiger partial charge on any atom is -0.264 e. The highest BCUT2D eigenvalue weighted by Crippen LogP contribution is 2.43. The van der Waals surface area contributed by atoms with Crippen LogP contribution in [0, 0.1) is 0 Å². The van der Waals surface area contributed by atoms with E-state index in [2.05, 4.69) is 201 Å². The predicted molar refractivity (Wildman–Crippen MR) is 250 cm³/mol. The average Bonchev–Trinajstić information content (AvgIpc) is 3.30. The van der Waals surface area contributed by atoms with E-state index in [1.54, 1.807) is 0 Å². The van der Waals surface area contributed by atoms with Crippen LogP contribution in [0.5, 0.6) is 0 Å². The second-order valence-corrected chi connectivity index (χ2v) is 15.1. The second kappa shape index (κ2) is 15.5. The van der Waals surface area contributed by atoms with E-state index in [9.17, 15) is 0 Å². The number of aromatic nitrogens is 3. The van der Waals surface area contributed by atoms with Crippen LogP contribution in [-0.2, 0) is 0 Å². The van der Waals surface area contributed by atoms with Crippen molar-refractivity contribution in [1.82, 2.24) is 15.0 Å². The third kappa shape index (κ3) is 6.67. The molecule has 3 heteroatoms. The van der Waals surface area contributed by atoms with Gasteiger partial charge in [-0.2, -0.15) is 0 Å². The van der Waals surface area contributed by atoms with Crippen molar-refractivity contribution in [3.63, 3.8) is 0 Å². The molecule has 3 nitrogen and oxygen atoms in total. The topological polar surface area (TPSA) is 38.7 Å². The zero-order valence-corrected chi connectivity index (χ0v) is 33.1. The second-order valence-electron chi connectivity index (χ2n) is 15.1. The van der Waals surface area contributed by atoms with E-state index in [-0.39, 0.29) is 0 Å². The summed E-state index contributed by atoms with van der Waals surface area (Å²) in [5, 5.41) is 9.68. The summed E-state index contributed by atoms with van der Waals surface area (Å²) in [7, 11) is 0. The van der Waals surface area contributed by atoms with Gasteiger partial charge in [0, 0.05) is 34.6 Å². The van der Waals surface area contributed by atoms with Gasteiger partial charge in [0.15, 0.2) is 5.82 Å². The molecular formula is C56H41N3. The molecule has 0 spiro atoms. The Morgan fingerprint density at radius 1 is 0.492 bits per heavy atom. The summed E-state index contributed by atoms with van der Waals surface area (Å²) < 4.78 is 0. The fourth-order valence-corrected chi connectivity index (χ4v) is 8.63. The molecule has 280 valence electrons. The summed E-state index contributed by atoms with van der Waals surface area (Å²) in [5.74, 6) is 0.676. The van der Waals surface area contributed by atoms with Crippen molar-refractivity contribution in [2.24, 2.45) is 0 Å². The van der Waals surface area contributed by atoms with Gasteiger partial charge < -0.3 is 0 Å². The Kier molecular flexibility index (Phi) is 9.40. The van der Waals surface area contributed by atoms with Crippen molar-refractivity contribution >= 4 is 48.7 Å². The van der Waals surface area contributed by atoms with Gasteiger partial charge in [0.1, 0.15) is 0 Å². The van der Waals surface area contributed by atoms with Gasteiger partial charge in [0.05, 0.1) is 11.4 Å². The Labute approximate surface area is 344 Å². The van der Waals surface area contributed by atoms with E-state index < -0.39 is 0 Å². The number of nitrogens with zero attached hydrogens (tertiary/aromatic N) is 3. The van der Waals surface area contributed by atoms with Gasteiger partial charge in [-0.15, -0.1) is 0 Å². The Morgan fingerprint density at radius 3 is 1.81 bits per heavy atom. The molecule has 0 aliphatic rings. The van der Waals surface area contributed by atoms with Crippen LogP contribution < -0.4 is 0 Å². The molecule has 0 radical (unpaired) electrons. The first-order chi connectivity index (χ1) is 29.1. The maximum atomic E-state index is 5.43. The maximum absolute atomic E-state index is 5.43. The number of hydrogen-bond donors (Lipinski definition) is 0. The van der Waals surface area contributed by atoms with Gasteiger partial charge in [0.25, 0.3) is 0 Å². The summed E-state index contributed by atoms with van der Waals surface area (Å²) >= 11 is 0. The third-order valence-corrected chi connectivity index (χ3v) is 11.4. The van der Waals surface area contributed by atoms with Crippen LogP contribution in [0.25, 0.3) is 105 Å². The zero-order valence-electron chi connectivity index (χ0n) is 33.1. The lowest BCUT2D eigenvalue weighted by molar-refractivity contribution is 1.19. The lowest BCUT2D eigenvalue weighted by Crippen LogP contribution is -1.97. The third-order valence-electron chi connectivity index (χ3n) is 11.4. The largest absolute Gasteiger partial charge is 0.264 e. The lowest BCUT2D eigenvalue weighted by Gasteiger charge is -2.18. The molecule has 0 aliphatic carbocycles. The van der Waals surface area contributed by atoms with Crippen molar-refractivity contribution in [3.8, 4) is 56.2 Å². The first-order valence-corrected chi connectivity index (χ1v) is 20.3. The Balaban J connectivity index is 1.20. The van der Waals surface area contributed by atoms with E-state index in [1.165, 1.54) is 54.4 Å². The molecule has 0 bridgehead atoms. The van der Waals surface area contributed by atoms with Crippen LogP contribution in [0.15, 0.2) is 200 Å². The average molecular weight is 756 g/mol. The summed E-state index contributed by atoms with van der Waals surface area (Å²) in [6, 6.07) is 60.8. The van der Waals surface area contributed by atoms with Crippen LogP contribution in [0.3, 0.4) is 0 Å². The molecule has 0 unspecified atom stereocenters. The van der Waals surface area contributed by atoms with E-state index >= 15 is 0 Å². The zero-order chi connectivity index (χ0) is 39.7. The number of pyridine rings is 1. The van der Waals surface area contributed by atoms with Gasteiger partial charge in [-0.3, -0.25) is 4.98 Å². The number of benzene rings is 8. The van der Waals surface area contributed by atoms with Crippen LogP contribution in [0.4, 0.5) is 0 Å². The van der Waals surface area contributed by atoms with Crippen LogP contribution >= 0.6 is 0 Å². The molecule has 10 aromatic rings. The molecule has 0 amide bonds. The summed E-state index contributed by atoms with van der Waals surface area (Å²) in [4.78, 5) is 15.2. The lowest BCUT2D eigenvalue weighted by atomic mass is 9.85. The number of fused-ring (bicyclic) bond motifs is 5. The number of rotatable bonds is 8. The highest BCUT2D eigenvalue weighted by Gasteiger charge is 2.19. The van der Waals surface area contributed by atoms with Crippen LogP contribution in [0.2, 0.25) is 0 Å². The Bertz CT molecular complexity index is 3210. The molecule has 0 fully saturated rings. The van der Waals surface area contributed by atoms with E-state index in [0.29, 0.717) is 5.82 Å². The van der Waals surface area contributed by atoms with E-state index in [0.717, 1.165) is 56.6 Å². The molecule has 0 aliphatic heterocycles. The number of allylic oxidation sites excluding steroid dienone is 4. The molecule has 2 aromatic heterocycles. The first kappa shape index (κ1) is 35.9. The highest BCUT2D eigenvalue weighted by molar-refractivity contribution is 6.19. The SMILES string of the molecule is CC/C=C\C=C(/C)c1c2ccccc2c(-c2cccc(-c3nc(-c4cccc(-c5cccnc5)c4)cc(-c4cc5ccccc5c5ccccc45)n3)c2)c2ccccc12. The van der Waals surface area contributed by atoms with Gasteiger partial charge in [-0.25, -0.2) is 9.97 Å². The summed E-state index contributed by atoms with van der Waals surface area (Å²) in [6.07, 6.45) is 11.3. The smallest absolute Gasteiger partial charge is 0.160 e. The van der Waals surface area contributed by atoms with E-state index in [4.69, 9.17) is 9.97 Å². The predicted octanol–water partition coefficient (Wildman–Crippen LogP) is 15.2. The fourth-order valence-electron chi connectivity index (χ4n) is 8.63. The highest BCUT2D eigenvalue weighted by atomic mass is 14.9. The molecule has 0 atom stereocenters. The summed E-state index contributed by atoms with van der Waals surface area (Å²) in [6.45, 7) is 4.39. The maximum Gasteiger partial charge on any atom is 0.160 e. The Hall–Kier alpha value is -7.49. The monoisotopic (exact) mass is 755 g/mol. The van der Waals surface area contributed by atoms with Gasteiger partial charge in [-0.1, -0.05) is 165 Å². The van der Waals surface area contributed by atoms with E-state index in [1.807, 2.05) is 18.5 Å². The molecule has 0 saturated carbocycles. The van der Waals surface area contributed by atoms with Crippen molar-refractivity contribution in [1.29, 1.82) is 0 Å². The van der Waals surface area contributed by atoms with Crippen molar-refractivity contribution < 1.29 is 0 Å². The van der Waals surface area contributed by atoms with Gasteiger partial charge in [0.2, 0.25) is 0 Å². The normalized spacial score (nSPS) is 12.0. The van der Waals surface area contributed by atoms with Crippen LogP contribution in [-0.4, -0.2) is 15.0 Å². The van der Waals surface area contributed by atoms with Crippen LogP contribution in [0.1, 0.15) is 25.8 Å². The van der Waals surface area contributed by atoms with Crippen molar-refractivity contribution in [2.75, 3.05) is 0 Å². The Morgan fingerprint density at radius 2 is 1.08 bits per heavy atom. The molecule has 2 heterocycles. The van der Waals surface area contributed by atoms with Crippen molar-refractivity contribution in [2.45, 2.75) is 20.3 Å². The van der Waals surface area contributed by atoms with Gasteiger partial charge >= 0.3 is 0 Å². The fraction of sp³-hybridized carbons (Fsp3) is 0.0536. The molecule has 59 heavy (non-hydrogen) atoms. The molecular weight excluding hydrogens is 715 g/mol. The molecule has 10 rings (SSSR count). The quantitative estimate of drug-likeness (QED) is 0.0881. The molecule has 8 aromatic carbocycles.